The summed E-state index contributed by atoms with van der Waals surface area (Å²) in [5.41, 5.74) is 0. The Bertz CT molecular complexity index is 727. The van der Waals surface area contributed by atoms with Crippen molar-refractivity contribution in [2.75, 3.05) is 0 Å². The molecule has 126 valence electrons. The molecule has 3 aromatic carbocycles. The van der Waals surface area contributed by atoms with E-state index in [1.165, 1.54) is 0 Å². The van der Waals surface area contributed by atoms with Crippen LogP contribution in [0, 0.1) is 0 Å². The van der Waals surface area contributed by atoms with E-state index in [2.05, 4.69) is 4.74 Å². The molecule has 0 atom stereocenters. The summed E-state index contributed by atoms with van der Waals surface area (Å²) in [4.78, 5) is 10.9. The van der Waals surface area contributed by atoms with Gasteiger partial charge in [-0.25, -0.2) is 0 Å². The summed E-state index contributed by atoms with van der Waals surface area (Å²) in [6.07, 6.45) is 0. The highest BCUT2D eigenvalue weighted by Gasteiger charge is 2.69. The summed E-state index contributed by atoms with van der Waals surface area (Å²) >= 11 is 0. The molecule has 0 heterocycles. The maximum absolute atomic E-state index is 15.4. The molecule has 0 amide bonds. The molecular weight excluding hydrogens is 341 g/mol. The zero-order valence-corrected chi connectivity index (χ0v) is 14.2. The summed E-state index contributed by atoms with van der Waals surface area (Å²) < 4.78 is 35.2. The lowest BCUT2D eigenvalue weighted by Gasteiger charge is -2.31. The van der Waals surface area contributed by atoms with Gasteiger partial charge in [0.2, 0.25) is 7.26 Å². The van der Waals surface area contributed by atoms with Gasteiger partial charge in [-0.15, -0.1) is 8.78 Å². The van der Waals surface area contributed by atoms with Gasteiger partial charge in [0, 0.05) is 0 Å². The first kappa shape index (κ1) is 17.2. The molecule has 0 saturated heterocycles. The highest BCUT2D eigenvalue weighted by molar-refractivity contribution is 7.96. The smallest absolute Gasteiger partial charge is 0.371 e. The van der Waals surface area contributed by atoms with Crippen LogP contribution in [0.15, 0.2) is 91.0 Å². The lowest BCUT2D eigenvalue weighted by atomic mass is 10.4. The Morgan fingerprint density at radius 3 is 1.28 bits per heavy atom. The molecule has 0 unspecified atom stereocenters. The molecule has 0 aliphatic heterocycles. The van der Waals surface area contributed by atoms with Crippen LogP contribution in [0.5, 0.6) is 0 Å². The standard InChI is InChI=1S/C20H16F2O2P/c21-20(22,24-16-23)25(17-10-4-1-5-11-17,18-12-6-2-7-13-18)19-14-8-3-9-15-19/h1-16H/q+1. The van der Waals surface area contributed by atoms with E-state index in [4.69, 9.17) is 0 Å². The van der Waals surface area contributed by atoms with Crippen molar-refractivity contribution in [3.05, 3.63) is 91.0 Å². The van der Waals surface area contributed by atoms with Crippen LogP contribution < -0.4 is 15.9 Å². The minimum atomic E-state index is -3.68. The Hall–Kier alpha value is -2.58. The van der Waals surface area contributed by atoms with Crippen molar-refractivity contribution in [3.63, 3.8) is 0 Å². The number of benzene rings is 3. The van der Waals surface area contributed by atoms with Gasteiger partial charge in [-0.1, -0.05) is 54.6 Å². The molecule has 3 aromatic rings. The van der Waals surface area contributed by atoms with E-state index in [0.29, 0.717) is 15.9 Å². The molecule has 2 nitrogen and oxygen atoms in total. The molecular formula is C20H16F2O2P+. The highest BCUT2D eigenvalue weighted by atomic mass is 31.2. The number of alkyl halides is 2. The number of halogens is 2. The first-order valence-electron chi connectivity index (χ1n) is 7.68. The second kappa shape index (κ2) is 7.12. The predicted molar refractivity (Wildman–Crippen MR) is 97.2 cm³/mol. The fourth-order valence-electron chi connectivity index (χ4n) is 2.99. The summed E-state index contributed by atoms with van der Waals surface area (Å²) in [7, 11) is -3.56. The second-order valence-electron chi connectivity index (χ2n) is 5.38. The average molecular weight is 357 g/mol. The molecule has 5 heteroatoms. The Kier molecular flexibility index (Phi) is 4.91. The van der Waals surface area contributed by atoms with Crippen LogP contribution in [0.2, 0.25) is 0 Å². The van der Waals surface area contributed by atoms with E-state index in [-0.39, 0.29) is 6.47 Å². The Labute approximate surface area is 145 Å². The van der Waals surface area contributed by atoms with E-state index in [1.807, 2.05) is 0 Å². The summed E-state index contributed by atoms with van der Waals surface area (Å²) in [6.45, 7) is -0.177. The Morgan fingerprint density at radius 1 is 0.680 bits per heavy atom. The maximum Gasteiger partial charge on any atom is 0.535 e. The molecule has 0 aliphatic rings. The molecule has 0 N–H and O–H groups in total. The van der Waals surface area contributed by atoms with E-state index < -0.39 is 13.1 Å². The lowest BCUT2D eigenvalue weighted by molar-refractivity contribution is -0.175. The predicted octanol–water partition coefficient (Wildman–Crippen LogP) is 3.70. The molecule has 0 fully saturated rings. The van der Waals surface area contributed by atoms with Gasteiger partial charge < -0.3 is 4.74 Å². The van der Waals surface area contributed by atoms with Crippen molar-refractivity contribution >= 4 is 29.6 Å². The SMILES string of the molecule is O=COC(F)(F)[P+](c1ccccc1)(c1ccccc1)c1ccccc1. The van der Waals surface area contributed by atoms with Crippen molar-refractivity contribution in [2.45, 2.75) is 5.85 Å². The highest BCUT2D eigenvalue weighted by Crippen LogP contribution is 2.67. The number of rotatable bonds is 6. The number of hydrogen-bond acceptors (Lipinski definition) is 2. The minimum Gasteiger partial charge on any atom is -0.371 e. The van der Waals surface area contributed by atoms with E-state index >= 15 is 8.78 Å². The quantitative estimate of drug-likeness (QED) is 0.497. The maximum atomic E-state index is 15.4. The van der Waals surface area contributed by atoms with Crippen LogP contribution in [0.4, 0.5) is 8.78 Å². The molecule has 25 heavy (non-hydrogen) atoms. The number of carbonyl (C=O) groups is 1. The van der Waals surface area contributed by atoms with Crippen LogP contribution in [0.3, 0.4) is 0 Å². The first-order valence-corrected chi connectivity index (χ1v) is 9.47. The average Bonchev–Trinajstić information content (AvgIpc) is 2.65. The minimum absolute atomic E-state index is 0.177. The fraction of sp³-hybridized carbons (Fsp3) is 0.0500. The number of carbonyl (C=O) groups excluding carboxylic acids is 1. The van der Waals surface area contributed by atoms with Crippen LogP contribution in [-0.4, -0.2) is 12.3 Å². The van der Waals surface area contributed by atoms with Gasteiger partial charge in [0.15, 0.2) is 0 Å². The van der Waals surface area contributed by atoms with Gasteiger partial charge in [0.1, 0.15) is 15.9 Å². The van der Waals surface area contributed by atoms with E-state index in [9.17, 15) is 4.79 Å². The van der Waals surface area contributed by atoms with E-state index in [1.54, 1.807) is 91.0 Å². The Morgan fingerprint density at radius 2 is 1.00 bits per heavy atom. The van der Waals surface area contributed by atoms with Crippen molar-refractivity contribution in [3.8, 4) is 0 Å². The monoisotopic (exact) mass is 357 g/mol. The van der Waals surface area contributed by atoms with Crippen LogP contribution in [-0.2, 0) is 9.53 Å². The first-order chi connectivity index (χ1) is 12.1. The van der Waals surface area contributed by atoms with Gasteiger partial charge in [0.25, 0.3) is 0 Å². The summed E-state index contributed by atoms with van der Waals surface area (Å²) in [5, 5.41) is 1.33. The topological polar surface area (TPSA) is 26.3 Å². The Balaban J connectivity index is 2.42. The third-order valence-electron chi connectivity index (χ3n) is 4.01. The summed E-state index contributed by atoms with van der Waals surface area (Å²) in [5.74, 6) is -3.68. The molecule has 0 spiro atoms. The molecule has 0 bridgehead atoms. The van der Waals surface area contributed by atoms with Gasteiger partial charge in [-0.3, -0.25) is 4.79 Å². The van der Waals surface area contributed by atoms with Crippen molar-refractivity contribution in [1.82, 2.24) is 0 Å². The van der Waals surface area contributed by atoms with Crippen LogP contribution in [0.1, 0.15) is 0 Å². The largest absolute Gasteiger partial charge is 0.535 e. The second-order valence-corrected chi connectivity index (χ2v) is 8.79. The van der Waals surface area contributed by atoms with Crippen molar-refractivity contribution in [1.29, 1.82) is 0 Å². The van der Waals surface area contributed by atoms with Crippen molar-refractivity contribution < 1.29 is 18.3 Å². The van der Waals surface area contributed by atoms with Crippen LogP contribution >= 0.6 is 7.26 Å². The molecule has 0 radical (unpaired) electrons. The lowest BCUT2D eigenvalue weighted by Crippen LogP contribution is -2.44. The number of ether oxygens (including phenoxy) is 1. The zero-order chi connectivity index (χ0) is 17.8. The zero-order valence-electron chi connectivity index (χ0n) is 13.3. The molecule has 3 rings (SSSR count). The normalized spacial score (nSPS) is 11.8. The molecule has 0 saturated carbocycles. The van der Waals surface area contributed by atoms with Gasteiger partial charge in [0.05, 0.1) is 0 Å². The van der Waals surface area contributed by atoms with Crippen LogP contribution in [0.25, 0.3) is 0 Å². The number of hydrogen-bond donors (Lipinski definition) is 0. The third kappa shape index (κ3) is 2.94. The fourth-order valence-corrected chi connectivity index (χ4v) is 6.85. The molecule has 0 aromatic heterocycles. The van der Waals surface area contributed by atoms with Gasteiger partial charge >= 0.3 is 12.3 Å². The van der Waals surface area contributed by atoms with Gasteiger partial charge in [-0.05, 0) is 36.4 Å². The van der Waals surface area contributed by atoms with Gasteiger partial charge in [-0.2, -0.15) is 0 Å². The molecule has 0 aliphatic carbocycles. The third-order valence-corrected chi connectivity index (χ3v) is 8.12. The van der Waals surface area contributed by atoms with E-state index in [0.717, 1.165) is 0 Å². The summed E-state index contributed by atoms with van der Waals surface area (Å²) in [6, 6.07) is 25.6. The van der Waals surface area contributed by atoms with Crippen molar-refractivity contribution in [2.24, 2.45) is 0 Å².